The van der Waals surface area contributed by atoms with Gasteiger partial charge in [0.2, 0.25) is 17.7 Å². The molecule has 1 aromatic rings. The fourth-order valence-electron chi connectivity index (χ4n) is 2.80. The van der Waals surface area contributed by atoms with Crippen molar-refractivity contribution in [2.45, 2.75) is 25.4 Å². The predicted octanol–water partition coefficient (Wildman–Crippen LogP) is -0.623. The molecule has 0 aromatic heterocycles. The molecule has 8 heteroatoms. The van der Waals surface area contributed by atoms with Gasteiger partial charge in [-0.1, -0.05) is 18.2 Å². The summed E-state index contributed by atoms with van der Waals surface area (Å²) < 4.78 is 5.36. The highest BCUT2D eigenvalue weighted by atomic mass is 16.5. The number of nitrogens with zero attached hydrogens (tertiary/aromatic N) is 1. The molecule has 25 heavy (non-hydrogen) atoms. The van der Waals surface area contributed by atoms with Crippen molar-refractivity contribution in [3.63, 3.8) is 0 Å². The molecule has 0 radical (unpaired) electrons. The van der Waals surface area contributed by atoms with Gasteiger partial charge >= 0.3 is 0 Å². The quantitative estimate of drug-likeness (QED) is 0.579. The summed E-state index contributed by atoms with van der Waals surface area (Å²) in [4.78, 5) is 37.0. The van der Waals surface area contributed by atoms with Crippen LogP contribution in [0.3, 0.4) is 0 Å². The first-order valence-corrected chi connectivity index (χ1v) is 8.20. The normalized spacial score (nSPS) is 17.6. The Morgan fingerprint density at radius 2 is 2.16 bits per heavy atom. The maximum atomic E-state index is 12.2. The number of amides is 3. The van der Waals surface area contributed by atoms with Gasteiger partial charge in [-0.05, 0) is 6.07 Å². The minimum atomic E-state index is -0.563. The predicted molar refractivity (Wildman–Crippen MR) is 91.6 cm³/mol. The second-order valence-electron chi connectivity index (χ2n) is 5.86. The summed E-state index contributed by atoms with van der Waals surface area (Å²) in [6.07, 6.45) is 0.104. The molecule has 136 valence electrons. The third-order valence-electron chi connectivity index (χ3n) is 4.08. The van der Waals surface area contributed by atoms with Crippen LogP contribution in [0, 0.1) is 0 Å². The van der Waals surface area contributed by atoms with Gasteiger partial charge in [0.05, 0.1) is 19.6 Å². The Morgan fingerprint density at radius 3 is 2.88 bits per heavy atom. The molecular formula is C17H24N4O4. The zero-order valence-electron chi connectivity index (χ0n) is 14.3. The molecule has 0 saturated carbocycles. The molecule has 8 nitrogen and oxygen atoms in total. The molecule has 4 N–H and O–H groups in total. The first-order chi connectivity index (χ1) is 12.0. The number of piperazine rings is 1. The van der Waals surface area contributed by atoms with E-state index in [2.05, 4.69) is 10.6 Å². The van der Waals surface area contributed by atoms with Crippen molar-refractivity contribution in [2.75, 3.05) is 26.7 Å². The standard InChI is InChI=1S/C17H24N4O4/c1-25-14-5-3-2-4-12(14)11-21-9-8-20-17(24)13(21)10-16(23)19-7-6-15(18)22/h2-5,13H,6-11H2,1H3,(H2,18,22)(H,19,23)(H,20,24). The maximum Gasteiger partial charge on any atom is 0.237 e. The zero-order chi connectivity index (χ0) is 18.2. The number of primary amides is 1. The number of carbonyl (C=O) groups excluding carboxylic acids is 3. The number of methoxy groups -OCH3 is 1. The SMILES string of the molecule is COc1ccccc1CN1CCNC(=O)C1CC(=O)NCCC(N)=O. The average molecular weight is 348 g/mol. The van der Waals surface area contributed by atoms with Crippen LogP contribution < -0.4 is 21.1 Å². The highest BCUT2D eigenvalue weighted by Gasteiger charge is 2.31. The van der Waals surface area contributed by atoms with Crippen LogP contribution in [0.2, 0.25) is 0 Å². The van der Waals surface area contributed by atoms with Gasteiger partial charge < -0.3 is 21.1 Å². The summed E-state index contributed by atoms with van der Waals surface area (Å²) in [7, 11) is 1.60. The highest BCUT2D eigenvalue weighted by Crippen LogP contribution is 2.21. The van der Waals surface area contributed by atoms with Crippen LogP contribution in [0.15, 0.2) is 24.3 Å². The average Bonchev–Trinajstić information content (AvgIpc) is 2.58. The Kier molecular flexibility index (Phi) is 6.76. The van der Waals surface area contributed by atoms with E-state index in [-0.39, 0.29) is 31.2 Å². The van der Waals surface area contributed by atoms with Crippen molar-refractivity contribution in [1.82, 2.24) is 15.5 Å². The molecule has 1 aliphatic rings. The minimum Gasteiger partial charge on any atom is -0.496 e. The Labute approximate surface area is 146 Å². The number of hydrogen-bond acceptors (Lipinski definition) is 5. The van der Waals surface area contributed by atoms with Crippen LogP contribution in [0.25, 0.3) is 0 Å². The molecule has 1 aliphatic heterocycles. The number of carbonyl (C=O) groups is 3. The zero-order valence-corrected chi connectivity index (χ0v) is 14.3. The smallest absolute Gasteiger partial charge is 0.237 e. The second-order valence-corrected chi connectivity index (χ2v) is 5.86. The number of nitrogens with one attached hydrogen (secondary N) is 2. The van der Waals surface area contributed by atoms with Crippen molar-refractivity contribution in [3.8, 4) is 5.75 Å². The van der Waals surface area contributed by atoms with Crippen molar-refractivity contribution in [3.05, 3.63) is 29.8 Å². The van der Waals surface area contributed by atoms with Gasteiger partial charge in [0.15, 0.2) is 0 Å². The summed E-state index contributed by atoms with van der Waals surface area (Å²) in [5.74, 6) is -0.189. The van der Waals surface area contributed by atoms with E-state index < -0.39 is 11.9 Å². The molecule has 1 atom stereocenters. The van der Waals surface area contributed by atoms with Gasteiger partial charge in [-0.25, -0.2) is 0 Å². The molecule has 1 saturated heterocycles. The molecular weight excluding hydrogens is 324 g/mol. The second kappa shape index (κ2) is 9.03. The van der Waals surface area contributed by atoms with Crippen LogP contribution in [-0.2, 0) is 20.9 Å². The molecule has 1 fully saturated rings. The van der Waals surface area contributed by atoms with Crippen molar-refractivity contribution in [2.24, 2.45) is 5.73 Å². The molecule has 0 spiro atoms. The van der Waals surface area contributed by atoms with E-state index in [1.807, 2.05) is 29.2 Å². The van der Waals surface area contributed by atoms with Gasteiger partial charge in [-0.3, -0.25) is 19.3 Å². The molecule has 0 aliphatic carbocycles. The van der Waals surface area contributed by atoms with E-state index >= 15 is 0 Å². The van der Waals surface area contributed by atoms with Gasteiger partial charge in [0.1, 0.15) is 5.75 Å². The molecule has 2 rings (SSSR count). The Balaban J connectivity index is 2.01. The molecule has 0 bridgehead atoms. The van der Waals surface area contributed by atoms with Crippen LogP contribution in [0.4, 0.5) is 0 Å². The van der Waals surface area contributed by atoms with Gasteiger partial charge in [0.25, 0.3) is 0 Å². The van der Waals surface area contributed by atoms with E-state index in [0.29, 0.717) is 19.6 Å². The van der Waals surface area contributed by atoms with Gasteiger partial charge in [-0.15, -0.1) is 0 Å². The van der Waals surface area contributed by atoms with Crippen LogP contribution >= 0.6 is 0 Å². The number of para-hydroxylation sites is 1. The third kappa shape index (κ3) is 5.46. The molecule has 1 heterocycles. The molecule has 3 amide bonds. The van der Waals surface area contributed by atoms with Crippen LogP contribution in [0.1, 0.15) is 18.4 Å². The van der Waals surface area contributed by atoms with Gasteiger partial charge in [0, 0.05) is 38.2 Å². The van der Waals surface area contributed by atoms with Crippen LogP contribution in [0.5, 0.6) is 5.75 Å². The van der Waals surface area contributed by atoms with E-state index in [1.54, 1.807) is 7.11 Å². The Bertz CT molecular complexity index is 635. The Morgan fingerprint density at radius 1 is 1.40 bits per heavy atom. The van der Waals surface area contributed by atoms with E-state index in [9.17, 15) is 14.4 Å². The maximum absolute atomic E-state index is 12.2. The van der Waals surface area contributed by atoms with E-state index in [4.69, 9.17) is 10.5 Å². The largest absolute Gasteiger partial charge is 0.496 e. The molecule has 1 aromatic carbocycles. The lowest BCUT2D eigenvalue weighted by Gasteiger charge is -2.35. The monoisotopic (exact) mass is 348 g/mol. The van der Waals surface area contributed by atoms with Crippen molar-refractivity contribution >= 4 is 17.7 Å². The van der Waals surface area contributed by atoms with E-state index in [0.717, 1.165) is 11.3 Å². The lowest BCUT2D eigenvalue weighted by Crippen LogP contribution is -2.56. The summed E-state index contributed by atoms with van der Waals surface area (Å²) >= 11 is 0. The summed E-state index contributed by atoms with van der Waals surface area (Å²) in [5.41, 5.74) is 6.00. The summed E-state index contributed by atoms with van der Waals surface area (Å²) in [5, 5.41) is 5.41. The fourth-order valence-corrected chi connectivity index (χ4v) is 2.80. The minimum absolute atomic E-state index is 0.0275. The lowest BCUT2D eigenvalue weighted by molar-refractivity contribution is -0.134. The number of rotatable bonds is 8. The first-order valence-electron chi connectivity index (χ1n) is 8.20. The number of ether oxygens (including phenoxy) is 1. The van der Waals surface area contributed by atoms with Crippen molar-refractivity contribution < 1.29 is 19.1 Å². The summed E-state index contributed by atoms with van der Waals surface area (Å²) in [6.45, 7) is 1.86. The highest BCUT2D eigenvalue weighted by molar-refractivity contribution is 5.89. The van der Waals surface area contributed by atoms with Gasteiger partial charge in [-0.2, -0.15) is 0 Å². The lowest BCUT2D eigenvalue weighted by atomic mass is 10.1. The topological polar surface area (TPSA) is 114 Å². The van der Waals surface area contributed by atoms with Crippen molar-refractivity contribution in [1.29, 1.82) is 0 Å². The fraction of sp³-hybridized carbons (Fsp3) is 0.471. The van der Waals surface area contributed by atoms with E-state index in [1.165, 1.54) is 0 Å². The van der Waals surface area contributed by atoms with Crippen LogP contribution in [-0.4, -0.2) is 55.4 Å². The first kappa shape index (κ1) is 18.7. The molecule has 1 unspecified atom stereocenters. The number of hydrogen-bond donors (Lipinski definition) is 3. The number of nitrogens with two attached hydrogens (primary N) is 1. The number of benzene rings is 1. The summed E-state index contributed by atoms with van der Waals surface area (Å²) in [6, 6.07) is 7.04. The third-order valence-corrected chi connectivity index (χ3v) is 4.08. The Hall–Kier alpha value is -2.61.